The summed E-state index contributed by atoms with van der Waals surface area (Å²) in [5.41, 5.74) is 6.80. The molecule has 1 rings (SSSR count). The highest BCUT2D eigenvalue weighted by Gasteiger charge is 2.03. The van der Waals surface area contributed by atoms with Crippen LogP contribution in [0.15, 0.2) is 22.7 Å². The first-order chi connectivity index (χ1) is 5.65. The van der Waals surface area contributed by atoms with Crippen molar-refractivity contribution in [1.82, 2.24) is 0 Å². The summed E-state index contributed by atoms with van der Waals surface area (Å²) < 4.78 is 6.09. The van der Waals surface area contributed by atoms with Gasteiger partial charge in [-0.05, 0) is 40.5 Å². The van der Waals surface area contributed by atoms with E-state index in [4.69, 9.17) is 10.5 Å². The maximum atomic E-state index is 5.72. The van der Waals surface area contributed by atoms with Gasteiger partial charge in [0, 0.05) is 6.04 Å². The lowest BCUT2D eigenvalue weighted by Crippen LogP contribution is -2.04. The molecule has 0 saturated carbocycles. The first-order valence-electron chi connectivity index (χ1n) is 3.74. The number of benzene rings is 1. The van der Waals surface area contributed by atoms with Crippen molar-refractivity contribution in [2.75, 3.05) is 7.11 Å². The summed E-state index contributed by atoms with van der Waals surface area (Å²) in [6.45, 7) is 1.95. The average Bonchev–Trinajstić information content (AvgIpc) is 2.05. The first kappa shape index (κ1) is 9.55. The van der Waals surface area contributed by atoms with E-state index in [1.807, 2.05) is 25.1 Å². The summed E-state index contributed by atoms with van der Waals surface area (Å²) in [7, 11) is 1.64. The molecule has 0 saturated heterocycles. The van der Waals surface area contributed by atoms with Crippen LogP contribution in [0.3, 0.4) is 0 Å². The van der Waals surface area contributed by atoms with E-state index in [0.717, 1.165) is 15.8 Å². The molecule has 0 spiro atoms. The molecule has 0 bridgehead atoms. The number of rotatable bonds is 2. The number of ether oxygens (including phenoxy) is 1. The molecular formula is C9H12BrNO. The van der Waals surface area contributed by atoms with E-state index < -0.39 is 0 Å². The third-order valence-electron chi connectivity index (χ3n) is 1.70. The van der Waals surface area contributed by atoms with E-state index in [0.29, 0.717) is 0 Å². The maximum Gasteiger partial charge on any atom is 0.133 e. The van der Waals surface area contributed by atoms with Gasteiger partial charge < -0.3 is 10.5 Å². The number of halogens is 1. The minimum absolute atomic E-state index is 0.0481. The quantitative estimate of drug-likeness (QED) is 0.846. The smallest absolute Gasteiger partial charge is 0.133 e. The number of hydrogen-bond acceptors (Lipinski definition) is 2. The van der Waals surface area contributed by atoms with Gasteiger partial charge in [0.25, 0.3) is 0 Å². The van der Waals surface area contributed by atoms with Crippen molar-refractivity contribution < 1.29 is 4.74 Å². The molecule has 0 amide bonds. The van der Waals surface area contributed by atoms with Crippen molar-refractivity contribution in [2.24, 2.45) is 5.73 Å². The van der Waals surface area contributed by atoms with E-state index in [1.54, 1.807) is 7.11 Å². The van der Waals surface area contributed by atoms with E-state index in [1.165, 1.54) is 0 Å². The fraction of sp³-hybridized carbons (Fsp3) is 0.333. The summed E-state index contributed by atoms with van der Waals surface area (Å²) in [6.07, 6.45) is 0. The average molecular weight is 230 g/mol. The van der Waals surface area contributed by atoms with Crippen molar-refractivity contribution in [1.29, 1.82) is 0 Å². The minimum Gasteiger partial charge on any atom is -0.496 e. The zero-order valence-electron chi connectivity index (χ0n) is 7.17. The minimum atomic E-state index is 0.0481. The van der Waals surface area contributed by atoms with Crippen LogP contribution in [0.2, 0.25) is 0 Å². The van der Waals surface area contributed by atoms with E-state index in [2.05, 4.69) is 15.9 Å². The fourth-order valence-electron chi connectivity index (χ4n) is 0.960. The highest BCUT2D eigenvalue weighted by Crippen LogP contribution is 2.27. The van der Waals surface area contributed by atoms with Gasteiger partial charge in [-0.25, -0.2) is 0 Å². The van der Waals surface area contributed by atoms with Crippen LogP contribution in [0.25, 0.3) is 0 Å². The molecule has 0 aliphatic heterocycles. The Bertz CT molecular complexity index is 273. The third kappa shape index (κ3) is 1.99. The van der Waals surface area contributed by atoms with Gasteiger partial charge in [-0.2, -0.15) is 0 Å². The monoisotopic (exact) mass is 229 g/mol. The van der Waals surface area contributed by atoms with Gasteiger partial charge in [0.05, 0.1) is 11.6 Å². The van der Waals surface area contributed by atoms with Gasteiger partial charge in [-0.1, -0.05) is 6.07 Å². The molecule has 3 heteroatoms. The van der Waals surface area contributed by atoms with Gasteiger partial charge in [-0.15, -0.1) is 0 Å². The van der Waals surface area contributed by atoms with Gasteiger partial charge in [0.1, 0.15) is 5.75 Å². The van der Waals surface area contributed by atoms with Crippen molar-refractivity contribution in [3.8, 4) is 5.75 Å². The summed E-state index contributed by atoms with van der Waals surface area (Å²) >= 11 is 3.37. The maximum absolute atomic E-state index is 5.72. The van der Waals surface area contributed by atoms with E-state index in [-0.39, 0.29) is 6.04 Å². The second-order valence-electron chi connectivity index (χ2n) is 2.68. The molecule has 0 unspecified atom stereocenters. The molecule has 0 radical (unpaired) electrons. The Balaban J connectivity index is 3.05. The molecule has 66 valence electrons. The lowest BCUT2D eigenvalue weighted by atomic mass is 10.1. The van der Waals surface area contributed by atoms with Crippen LogP contribution in [0.1, 0.15) is 18.5 Å². The molecule has 0 fully saturated rings. The van der Waals surface area contributed by atoms with E-state index in [9.17, 15) is 0 Å². The number of hydrogen-bond donors (Lipinski definition) is 1. The second kappa shape index (κ2) is 3.92. The summed E-state index contributed by atoms with van der Waals surface area (Å²) in [6, 6.07) is 5.91. The highest BCUT2D eigenvalue weighted by molar-refractivity contribution is 9.10. The number of methoxy groups -OCH3 is 1. The zero-order valence-corrected chi connectivity index (χ0v) is 8.76. The van der Waals surface area contributed by atoms with Crippen LogP contribution < -0.4 is 10.5 Å². The first-order valence-corrected chi connectivity index (χ1v) is 4.53. The van der Waals surface area contributed by atoms with Gasteiger partial charge in [0.15, 0.2) is 0 Å². The Morgan fingerprint density at radius 1 is 1.50 bits per heavy atom. The fourth-order valence-corrected chi connectivity index (χ4v) is 1.37. The van der Waals surface area contributed by atoms with Crippen molar-refractivity contribution >= 4 is 15.9 Å². The standard InChI is InChI=1S/C9H12BrNO/c1-6(11)7-3-4-8(10)9(5-7)12-2/h3-6H,11H2,1-2H3/t6-/m0/s1. The SMILES string of the molecule is COc1cc([C@H](C)N)ccc1Br. The lowest BCUT2D eigenvalue weighted by molar-refractivity contribution is 0.411. The molecule has 1 aromatic rings. The van der Waals surface area contributed by atoms with E-state index >= 15 is 0 Å². The highest BCUT2D eigenvalue weighted by atomic mass is 79.9. The molecule has 1 atom stereocenters. The van der Waals surface area contributed by atoms with Crippen LogP contribution in [-0.4, -0.2) is 7.11 Å². The molecule has 2 N–H and O–H groups in total. The van der Waals surface area contributed by atoms with Crippen molar-refractivity contribution in [2.45, 2.75) is 13.0 Å². The van der Waals surface area contributed by atoms with Crippen LogP contribution in [0, 0.1) is 0 Å². The van der Waals surface area contributed by atoms with Crippen LogP contribution in [0.5, 0.6) is 5.75 Å². The Hall–Kier alpha value is -0.540. The zero-order chi connectivity index (χ0) is 9.14. The Morgan fingerprint density at radius 2 is 2.17 bits per heavy atom. The van der Waals surface area contributed by atoms with Gasteiger partial charge in [0.2, 0.25) is 0 Å². The molecule has 2 nitrogen and oxygen atoms in total. The number of nitrogens with two attached hydrogens (primary N) is 1. The second-order valence-corrected chi connectivity index (χ2v) is 3.54. The van der Waals surface area contributed by atoms with Gasteiger partial charge >= 0.3 is 0 Å². The topological polar surface area (TPSA) is 35.2 Å². The Kier molecular flexibility index (Phi) is 3.12. The van der Waals surface area contributed by atoms with Crippen LogP contribution in [0.4, 0.5) is 0 Å². The predicted molar refractivity (Wildman–Crippen MR) is 53.3 cm³/mol. The lowest BCUT2D eigenvalue weighted by Gasteiger charge is -2.08. The molecule has 0 aliphatic carbocycles. The normalized spacial score (nSPS) is 12.7. The Morgan fingerprint density at radius 3 is 2.67 bits per heavy atom. The predicted octanol–water partition coefficient (Wildman–Crippen LogP) is 2.48. The summed E-state index contributed by atoms with van der Waals surface area (Å²) in [4.78, 5) is 0. The van der Waals surface area contributed by atoms with Crippen LogP contribution >= 0.6 is 15.9 Å². The molecule has 12 heavy (non-hydrogen) atoms. The molecule has 0 heterocycles. The Labute approximate surface area is 80.8 Å². The van der Waals surface area contributed by atoms with Crippen LogP contribution in [-0.2, 0) is 0 Å². The molecule has 0 aliphatic rings. The third-order valence-corrected chi connectivity index (χ3v) is 2.36. The molecule has 0 aromatic heterocycles. The van der Waals surface area contributed by atoms with Crippen molar-refractivity contribution in [3.05, 3.63) is 28.2 Å². The van der Waals surface area contributed by atoms with Gasteiger partial charge in [-0.3, -0.25) is 0 Å². The molecule has 1 aromatic carbocycles. The van der Waals surface area contributed by atoms with Crippen molar-refractivity contribution in [3.63, 3.8) is 0 Å². The largest absolute Gasteiger partial charge is 0.496 e. The molecular weight excluding hydrogens is 218 g/mol. The summed E-state index contributed by atoms with van der Waals surface area (Å²) in [5, 5.41) is 0. The summed E-state index contributed by atoms with van der Waals surface area (Å²) in [5.74, 6) is 0.824.